The standard InChI is InChI=1S/C31H38N2O3S/c1-24-12-14-27(15-13-24)20-32(23-34)29-18-16-28(17-19-29)21-33(22-31-25(2)8-7-9-26(31)3)37(35,36)30-10-5-4-6-11-30/h4-15,23,28-29H,16-22H2,1-3H3. The molecule has 6 heteroatoms. The third-order valence-corrected chi connectivity index (χ3v) is 9.55. The van der Waals surface area contributed by atoms with Crippen molar-refractivity contribution in [3.63, 3.8) is 0 Å². The highest BCUT2D eigenvalue weighted by Gasteiger charge is 2.31. The molecular weight excluding hydrogens is 480 g/mol. The summed E-state index contributed by atoms with van der Waals surface area (Å²) in [5, 5.41) is 0. The summed E-state index contributed by atoms with van der Waals surface area (Å²) < 4.78 is 29.2. The van der Waals surface area contributed by atoms with Crippen molar-refractivity contribution in [3.8, 4) is 0 Å². The molecule has 0 saturated heterocycles. The molecule has 0 bridgehead atoms. The van der Waals surface area contributed by atoms with Gasteiger partial charge in [0.25, 0.3) is 0 Å². The Hall–Kier alpha value is -2.96. The Kier molecular flexibility index (Phi) is 8.83. The van der Waals surface area contributed by atoms with Gasteiger partial charge in [0.2, 0.25) is 16.4 Å². The van der Waals surface area contributed by atoms with Crippen LogP contribution in [0.1, 0.15) is 53.5 Å². The van der Waals surface area contributed by atoms with E-state index in [1.807, 2.05) is 43.0 Å². The Morgan fingerprint density at radius 3 is 2.00 bits per heavy atom. The van der Waals surface area contributed by atoms with E-state index >= 15 is 0 Å². The Bertz CT molecular complexity index is 1260. The van der Waals surface area contributed by atoms with Crippen LogP contribution in [-0.2, 0) is 27.9 Å². The number of aryl methyl sites for hydroxylation is 3. The van der Waals surface area contributed by atoms with Crippen LogP contribution in [0, 0.1) is 26.7 Å². The molecular formula is C31H38N2O3S. The lowest BCUT2D eigenvalue weighted by Crippen LogP contribution is -2.40. The lowest BCUT2D eigenvalue weighted by atomic mass is 9.85. The van der Waals surface area contributed by atoms with Crippen LogP contribution in [0.15, 0.2) is 77.7 Å². The summed E-state index contributed by atoms with van der Waals surface area (Å²) in [4.78, 5) is 14.2. The molecule has 4 rings (SSSR count). The average molecular weight is 519 g/mol. The van der Waals surface area contributed by atoms with Crippen LogP contribution in [-0.4, -0.2) is 36.6 Å². The van der Waals surface area contributed by atoms with Crippen LogP contribution in [0.5, 0.6) is 0 Å². The fourth-order valence-corrected chi connectivity index (χ4v) is 6.87. The van der Waals surface area contributed by atoms with E-state index in [4.69, 9.17) is 0 Å². The molecule has 0 radical (unpaired) electrons. The van der Waals surface area contributed by atoms with Crippen LogP contribution >= 0.6 is 0 Å². The van der Waals surface area contributed by atoms with Gasteiger partial charge in [-0.15, -0.1) is 0 Å². The second kappa shape index (κ2) is 12.1. The fourth-order valence-electron chi connectivity index (χ4n) is 5.37. The maximum absolute atomic E-state index is 13.8. The first-order chi connectivity index (χ1) is 17.8. The van der Waals surface area contributed by atoms with Crippen molar-refractivity contribution in [1.82, 2.24) is 9.21 Å². The molecule has 1 amide bonds. The Balaban J connectivity index is 1.47. The zero-order chi connectivity index (χ0) is 26.4. The van der Waals surface area contributed by atoms with Gasteiger partial charge in [-0.25, -0.2) is 8.42 Å². The molecule has 196 valence electrons. The minimum absolute atomic E-state index is 0.188. The Labute approximate surface area is 222 Å². The van der Waals surface area contributed by atoms with Gasteiger partial charge in [0, 0.05) is 25.7 Å². The predicted octanol–water partition coefficient (Wildman–Crippen LogP) is 6.02. The molecule has 1 saturated carbocycles. The third kappa shape index (κ3) is 6.68. The lowest BCUT2D eigenvalue weighted by molar-refractivity contribution is -0.121. The minimum Gasteiger partial charge on any atom is -0.338 e. The second-order valence-electron chi connectivity index (χ2n) is 10.4. The molecule has 3 aromatic rings. The molecule has 0 heterocycles. The number of carbonyl (C=O) groups excluding carboxylic acids is 1. The van der Waals surface area contributed by atoms with Gasteiger partial charge in [-0.2, -0.15) is 4.31 Å². The highest BCUT2D eigenvalue weighted by atomic mass is 32.2. The van der Waals surface area contributed by atoms with Gasteiger partial charge in [-0.1, -0.05) is 66.2 Å². The van der Waals surface area contributed by atoms with Crippen molar-refractivity contribution in [2.24, 2.45) is 5.92 Å². The van der Waals surface area contributed by atoms with Gasteiger partial charge in [0.15, 0.2) is 0 Å². The summed E-state index contributed by atoms with van der Waals surface area (Å²) >= 11 is 0. The summed E-state index contributed by atoms with van der Waals surface area (Å²) in [6.07, 6.45) is 4.54. The van der Waals surface area contributed by atoms with Gasteiger partial charge < -0.3 is 4.90 Å². The molecule has 1 aliphatic rings. The number of nitrogens with zero attached hydrogens (tertiary/aromatic N) is 2. The first-order valence-corrected chi connectivity index (χ1v) is 14.6. The van der Waals surface area contributed by atoms with Crippen molar-refractivity contribution in [2.75, 3.05) is 6.54 Å². The van der Waals surface area contributed by atoms with E-state index in [0.717, 1.165) is 54.3 Å². The molecule has 5 nitrogen and oxygen atoms in total. The highest BCUT2D eigenvalue weighted by Crippen LogP contribution is 2.31. The summed E-state index contributed by atoms with van der Waals surface area (Å²) in [5.74, 6) is 0.256. The number of rotatable bonds is 10. The van der Waals surface area contributed by atoms with Crippen molar-refractivity contribution in [1.29, 1.82) is 0 Å². The Morgan fingerprint density at radius 2 is 1.41 bits per heavy atom. The number of carbonyl (C=O) groups is 1. The van der Waals surface area contributed by atoms with Crippen LogP contribution in [0.25, 0.3) is 0 Å². The first-order valence-electron chi connectivity index (χ1n) is 13.1. The fraction of sp³-hybridized carbons (Fsp3) is 0.387. The molecule has 1 aliphatic carbocycles. The smallest absolute Gasteiger partial charge is 0.243 e. The number of hydrogen-bond donors (Lipinski definition) is 0. The Morgan fingerprint density at radius 1 is 0.784 bits per heavy atom. The zero-order valence-electron chi connectivity index (χ0n) is 22.1. The van der Waals surface area contributed by atoms with E-state index in [2.05, 4.69) is 31.2 Å². The van der Waals surface area contributed by atoms with Crippen molar-refractivity contribution >= 4 is 16.4 Å². The van der Waals surface area contributed by atoms with Gasteiger partial charge in [-0.3, -0.25) is 4.79 Å². The number of sulfonamides is 1. The molecule has 3 aromatic carbocycles. The van der Waals surface area contributed by atoms with E-state index in [9.17, 15) is 13.2 Å². The maximum atomic E-state index is 13.8. The predicted molar refractivity (Wildman–Crippen MR) is 148 cm³/mol. The molecule has 37 heavy (non-hydrogen) atoms. The van der Waals surface area contributed by atoms with E-state index in [1.165, 1.54) is 5.56 Å². The van der Waals surface area contributed by atoms with Gasteiger partial charge >= 0.3 is 0 Å². The maximum Gasteiger partial charge on any atom is 0.243 e. The van der Waals surface area contributed by atoms with Crippen LogP contribution in [0.2, 0.25) is 0 Å². The van der Waals surface area contributed by atoms with Crippen molar-refractivity contribution < 1.29 is 13.2 Å². The number of hydrogen-bond acceptors (Lipinski definition) is 3. The quantitative estimate of drug-likeness (QED) is 0.308. The van der Waals surface area contributed by atoms with Crippen molar-refractivity contribution in [3.05, 3.63) is 101 Å². The van der Waals surface area contributed by atoms with E-state index in [-0.39, 0.29) is 12.0 Å². The average Bonchev–Trinajstić information content (AvgIpc) is 2.91. The van der Waals surface area contributed by atoms with Gasteiger partial charge in [0.1, 0.15) is 0 Å². The molecule has 1 fully saturated rings. The summed E-state index contributed by atoms with van der Waals surface area (Å²) in [7, 11) is -3.64. The van der Waals surface area contributed by atoms with Crippen LogP contribution in [0.3, 0.4) is 0 Å². The zero-order valence-corrected chi connectivity index (χ0v) is 23.0. The topological polar surface area (TPSA) is 57.7 Å². The van der Waals surface area contributed by atoms with E-state index < -0.39 is 10.0 Å². The molecule has 0 N–H and O–H groups in total. The first kappa shape index (κ1) is 27.1. The molecule has 0 aromatic heterocycles. The summed E-state index contributed by atoms with van der Waals surface area (Å²) in [5.41, 5.74) is 5.62. The monoisotopic (exact) mass is 518 g/mol. The molecule has 0 spiro atoms. The van der Waals surface area contributed by atoms with Gasteiger partial charge in [0.05, 0.1) is 4.90 Å². The van der Waals surface area contributed by atoms with Crippen LogP contribution in [0.4, 0.5) is 0 Å². The van der Waals surface area contributed by atoms with E-state index in [0.29, 0.717) is 24.5 Å². The van der Waals surface area contributed by atoms with Crippen LogP contribution < -0.4 is 0 Å². The van der Waals surface area contributed by atoms with Crippen molar-refractivity contribution in [2.45, 2.75) is 70.5 Å². The molecule has 0 aliphatic heterocycles. The molecule has 0 atom stereocenters. The SMILES string of the molecule is Cc1ccc(CN(C=O)C2CCC(CN(Cc3c(C)cccc3C)S(=O)(=O)c3ccccc3)CC2)cc1. The number of benzene rings is 3. The summed E-state index contributed by atoms with van der Waals surface area (Å²) in [6, 6.07) is 23.4. The largest absolute Gasteiger partial charge is 0.338 e. The minimum atomic E-state index is -3.64. The molecule has 0 unspecified atom stereocenters. The second-order valence-corrected chi connectivity index (χ2v) is 12.4. The lowest BCUT2D eigenvalue weighted by Gasteiger charge is -2.36. The normalized spacial score (nSPS) is 18.1. The third-order valence-electron chi connectivity index (χ3n) is 7.73. The number of amides is 1. The summed E-state index contributed by atoms with van der Waals surface area (Å²) in [6.45, 7) is 7.61. The van der Waals surface area contributed by atoms with Gasteiger partial charge in [-0.05, 0) is 86.8 Å². The highest BCUT2D eigenvalue weighted by molar-refractivity contribution is 7.89. The van der Waals surface area contributed by atoms with E-state index in [1.54, 1.807) is 28.6 Å².